The van der Waals surface area contributed by atoms with Crippen LogP contribution in [0.15, 0.2) is 28.2 Å². The van der Waals surface area contributed by atoms with Crippen molar-refractivity contribution in [3.63, 3.8) is 0 Å². The third-order valence-electron chi connectivity index (χ3n) is 4.70. The fourth-order valence-electron chi connectivity index (χ4n) is 3.44. The SMILES string of the molecule is O=C(CC1=CCCC1)N1CCN(Cc2ccc(CO)o2)C[C@H](O)C1. The lowest BCUT2D eigenvalue weighted by Crippen LogP contribution is -2.37. The third-order valence-corrected chi connectivity index (χ3v) is 4.70. The van der Waals surface area contributed by atoms with E-state index in [4.69, 9.17) is 9.52 Å². The van der Waals surface area contributed by atoms with E-state index in [0.29, 0.717) is 44.9 Å². The normalized spacial score (nSPS) is 22.5. The van der Waals surface area contributed by atoms with Crippen LogP contribution in [-0.2, 0) is 17.9 Å². The Morgan fingerprint density at radius 2 is 2.08 bits per heavy atom. The molecule has 0 spiro atoms. The van der Waals surface area contributed by atoms with E-state index in [1.807, 2.05) is 6.07 Å². The molecule has 6 heteroatoms. The largest absolute Gasteiger partial charge is 0.462 e. The van der Waals surface area contributed by atoms with Crippen LogP contribution in [0.4, 0.5) is 0 Å². The standard InChI is InChI=1S/C18H26N2O4/c21-13-17-6-5-16(24-17)12-19-7-8-20(11-15(22)10-19)18(23)9-14-3-1-2-4-14/h3,5-6,15,21-22H,1-2,4,7-13H2/t15-/m0/s1. The van der Waals surface area contributed by atoms with Crippen LogP contribution in [0, 0.1) is 0 Å². The molecule has 2 aliphatic rings. The van der Waals surface area contributed by atoms with Crippen molar-refractivity contribution in [1.29, 1.82) is 0 Å². The Hall–Kier alpha value is -1.63. The van der Waals surface area contributed by atoms with E-state index in [1.165, 1.54) is 5.57 Å². The predicted octanol–water partition coefficient (Wildman–Crippen LogP) is 1.28. The molecule has 6 nitrogen and oxygen atoms in total. The first-order valence-corrected chi connectivity index (χ1v) is 8.68. The van der Waals surface area contributed by atoms with Crippen LogP contribution < -0.4 is 0 Å². The first kappa shape index (κ1) is 17.2. The Morgan fingerprint density at radius 1 is 1.25 bits per heavy atom. The third kappa shape index (κ3) is 4.47. The highest BCUT2D eigenvalue weighted by molar-refractivity contribution is 5.79. The number of allylic oxidation sites excluding steroid dienone is 1. The monoisotopic (exact) mass is 334 g/mol. The van der Waals surface area contributed by atoms with Crippen LogP contribution in [-0.4, -0.2) is 58.2 Å². The van der Waals surface area contributed by atoms with E-state index in [9.17, 15) is 9.90 Å². The van der Waals surface area contributed by atoms with Gasteiger partial charge in [0.05, 0.1) is 12.6 Å². The molecule has 1 fully saturated rings. The van der Waals surface area contributed by atoms with Crippen molar-refractivity contribution in [3.05, 3.63) is 35.3 Å². The van der Waals surface area contributed by atoms with E-state index < -0.39 is 6.10 Å². The fourth-order valence-corrected chi connectivity index (χ4v) is 3.44. The van der Waals surface area contributed by atoms with Crippen molar-refractivity contribution >= 4 is 5.91 Å². The first-order valence-electron chi connectivity index (χ1n) is 8.68. The van der Waals surface area contributed by atoms with Gasteiger partial charge in [-0.2, -0.15) is 0 Å². The Balaban J connectivity index is 1.55. The zero-order chi connectivity index (χ0) is 16.9. The van der Waals surface area contributed by atoms with Crippen molar-refractivity contribution in [2.24, 2.45) is 0 Å². The second-order valence-corrected chi connectivity index (χ2v) is 6.69. The van der Waals surface area contributed by atoms with Crippen LogP contribution in [0.25, 0.3) is 0 Å². The summed E-state index contributed by atoms with van der Waals surface area (Å²) in [5.74, 6) is 1.42. The molecular weight excluding hydrogens is 308 g/mol. The van der Waals surface area contributed by atoms with Gasteiger partial charge in [0.2, 0.25) is 5.91 Å². The number of nitrogens with zero attached hydrogens (tertiary/aromatic N) is 2. The topological polar surface area (TPSA) is 77.2 Å². The first-order chi connectivity index (χ1) is 11.6. The predicted molar refractivity (Wildman–Crippen MR) is 89.0 cm³/mol. The molecular formula is C18H26N2O4. The number of aliphatic hydroxyl groups is 2. The Labute approximate surface area is 142 Å². The number of furan rings is 1. The molecule has 1 amide bonds. The maximum absolute atomic E-state index is 12.5. The molecule has 1 atom stereocenters. The maximum atomic E-state index is 12.5. The Kier molecular flexibility index (Phi) is 5.71. The van der Waals surface area contributed by atoms with Crippen LogP contribution in [0.1, 0.15) is 37.2 Å². The van der Waals surface area contributed by atoms with Crippen molar-refractivity contribution in [3.8, 4) is 0 Å². The van der Waals surface area contributed by atoms with Crippen molar-refractivity contribution in [1.82, 2.24) is 9.80 Å². The molecule has 0 aromatic carbocycles. The Bertz CT molecular complexity index is 596. The lowest BCUT2D eigenvalue weighted by Gasteiger charge is -2.22. The zero-order valence-corrected chi connectivity index (χ0v) is 14.0. The van der Waals surface area contributed by atoms with Gasteiger partial charge in [-0.25, -0.2) is 0 Å². The molecule has 1 aromatic rings. The molecule has 1 aliphatic heterocycles. The van der Waals surface area contributed by atoms with Crippen molar-refractivity contribution in [2.75, 3.05) is 26.2 Å². The quantitative estimate of drug-likeness (QED) is 0.793. The summed E-state index contributed by atoms with van der Waals surface area (Å²) in [6, 6.07) is 3.60. The van der Waals surface area contributed by atoms with Crippen molar-refractivity contribution in [2.45, 2.75) is 44.9 Å². The number of carbonyl (C=O) groups excluding carboxylic acids is 1. The molecule has 3 rings (SSSR count). The van der Waals surface area contributed by atoms with Crippen LogP contribution in [0.2, 0.25) is 0 Å². The summed E-state index contributed by atoms with van der Waals surface area (Å²) in [4.78, 5) is 16.3. The van der Waals surface area contributed by atoms with Gasteiger partial charge in [-0.05, 0) is 31.4 Å². The number of hydrogen-bond acceptors (Lipinski definition) is 5. The second kappa shape index (κ2) is 7.96. The lowest BCUT2D eigenvalue weighted by molar-refractivity contribution is -0.131. The summed E-state index contributed by atoms with van der Waals surface area (Å²) in [7, 11) is 0. The fraction of sp³-hybridized carbons (Fsp3) is 0.611. The molecule has 1 aliphatic carbocycles. The molecule has 1 aromatic heterocycles. The summed E-state index contributed by atoms with van der Waals surface area (Å²) in [6.45, 7) is 2.70. The number of aliphatic hydroxyl groups excluding tert-OH is 2. The van der Waals surface area contributed by atoms with Crippen LogP contribution in [0.3, 0.4) is 0 Å². The van der Waals surface area contributed by atoms with Gasteiger partial charge in [0, 0.05) is 32.6 Å². The Morgan fingerprint density at radius 3 is 2.79 bits per heavy atom. The number of carbonyl (C=O) groups is 1. The van der Waals surface area contributed by atoms with E-state index in [0.717, 1.165) is 25.0 Å². The molecule has 0 saturated carbocycles. The summed E-state index contributed by atoms with van der Waals surface area (Å²) < 4.78 is 5.51. The summed E-state index contributed by atoms with van der Waals surface area (Å²) >= 11 is 0. The molecule has 2 heterocycles. The van der Waals surface area contributed by atoms with Gasteiger partial charge < -0.3 is 19.5 Å². The van der Waals surface area contributed by atoms with Gasteiger partial charge >= 0.3 is 0 Å². The van der Waals surface area contributed by atoms with E-state index in [2.05, 4.69) is 11.0 Å². The highest BCUT2D eigenvalue weighted by atomic mass is 16.4. The maximum Gasteiger partial charge on any atom is 0.226 e. The zero-order valence-electron chi connectivity index (χ0n) is 14.0. The lowest BCUT2D eigenvalue weighted by atomic mass is 10.1. The van der Waals surface area contributed by atoms with Crippen LogP contribution in [0.5, 0.6) is 0 Å². The number of rotatable bonds is 5. The number of amides is 1. The minimum absolute atomic E-state index is 0.110. The average molecular weight is 334 g/mol. The van der Waals surface area contributed by atoms with E-state index in [1.54, 1.807) is 11.0 Å². The van der Waals surface area contributed by atoms with Gasteiger partial charge in [0.25, 0.3) is 0 Å². The van der Waals surface area contributed by atoms with Crippen molar-refractivity contribution < 1.29 is 19.4 Å². The van der Waals surface area contributed by atoms with E-state index >= 15 is 0 Å². The van der Waals surface area contributed by atoms with E-state index in [-0.39, 0.29) is 12.5 Å². The van der Waals surface area contributed by atoms with Gasteiger partial charge in [-0.15, -0.1) is 0 Å². The minimum Gasteiger partial charge on any atom is -0.462 e. The average Bonchev–Trinajstić information content (AvgIpc) is 3.18. The molecule has 24 heavy (non-hydrogen) atoms. The van der Waals surface area contributed by atoms with Gasteiger partial charge in [0.15, 0.2) is 0 Å². The van der Waals surface area contributed by atoms with Gasteiger partial charge in [-0.3, -0.25) is 9.69 Å². The smallest absolute Gasteiger partial charge is 0.226 e. The van der Waals surface area contributed by atoms with Gasteiger partial charge in [0.1, 0.15) is 18.1 Å². The molecule has 1 saturated heterocycles. The summed E-state index contributed by atoms with van der Waals surface area (Å²) in [6.07, 6.45) is 5.37. The molecule has 0 bridgehead atoms. The molecule has 0 unspecified atom stereocenters. The molecule has 132 valence electrons. The summed E-state index contributed by atoms with van der Waals surface area (Å²) in [5.41, 5.74) is 1.24. The highest BCUT2D eigenvalue weighted by Crippen LogP contribution is 2.22. The van der Waals surface area contributed by atoms with Gasteiger partial charge in [-0.1, -0.05) is 11.6 Å². The molecule has 2 N–H and O–H groups in total. The highest BCUT2D eigenvalue weighted by Gasteiger charge is 2.25. The van der Waals surface area contributed by atoms with Crippen LogP contribution >= 0.6 is 0 Å². The number of β-amino-alcohol motifs (C(OH)–C–C–N with tert-alkyl or cyclic N) is 1. The number of hydrogen-bond donors (Lipinski definition) is 2. The second-order valence-electron chi connectivity index (χ2n) is 6.69. The minimum atomic E-state index is -0.554. The summed E-state index contributed by atoms with van der Waals surface area (Å²) in [5, 5.41) is 19.3. The molecule has 0 radical (unpaired) electrons.